The molecule has 8 heteroatoms. The van der Waals surface area contributed by atoms with E-state index in [1.165, 1.54) is 11.2 Å². The number of carbonyl (C=O) groups is 1. The number of H-pyrrole nitrogens is 1. The highest BCUT2D eigenvalue weighted by Gasteiger charge is 2.38. The first-order chi connectivity index (χ1) is 8.89. The maximum Gasteiger partial charge on any atom is 0.357 e. The van der Waals surface area contributed by atoms with E-state index < -0.39 is 21.7 Å². The monoisotopic (exact) mass is 287 g/mol. The quantitative estimate of drug-likeness (QED) is 0.859. The number of aryl methyl sites for hydroxylation is 1. The Kier molecular flexibility index (Phi) is 3.64. The van der Waals surface area contributed by atoms with Crippen LogP contribution < -0.4 is 0 Å². The maximum absolute atomic E-state index is 12.6. The fourth-order valence-corrected chi connectivity index (χ4v) is 4.59. The molecule has 0 radical (unpaired) electrons. The molecular weight excluding hydrogens is 270 g/mol. The molecule has 1 aliphatic heterocycles. The number of hydrogen-bond donors (Lipinski definition) is 2. The summed E-state index contributed by atoms with van der Waals surface area (Å²) in [7, 11) is -3.80. The number of carboxylic acids is 1. The lowest BCUT2D eigenvalue weighted by molar-refractivity contribution is 0.0686. The van der Waals surface area contributed by atoms with Gasteiger partial charge in [-0.25, -0.2) is 13.2 Å². The van der Waals surface area contributed by atoms with E-state index in [0.717, 1.165) is 19.3 Å². The summed E-state index contributed by atoms with van der Waals surface area (Å²) < 4.78 is 26.6. The highest BCUT2D eigenvalue weighted by molar-refractivity contribution is 7.89. The van der Waals surface area contributed by atoms with Crippen LogP contribution in [0.25, 0.3) is 0 Å². The molecular formula is C11H17N3O4S. The maximum atomic E-state index is 12.6. The Labute approximate surface area is 111 Å². The topological polar surface area (TPSA) is 103 Å². The molecule has 0 aromatic carbocycles. The molecule has 0 amide bonds. The van der Waals surface area contributed by atoms with Crippen LogP contribution in [0.5, 0.6) is 0 Å². The molecule has 2 heterocycles. The van der Waals surface area contributed by atoms with E-state index >= 15 is 0 Å². The number of nitrogens with one attached hydrogen (secondary N) is 1. The van der Waals surface area contributed by atoms with E-state index in [1.54, 1.807) is 0 Å². The van der Waals surface area contributed by atoms with Gasteiger partial charge in [-0.05, 0) is 26.2 Å². The molecule has 1 fully saturated rings. The van der Waals surface area contributed by atoms with Crippen molar-refractivity contribution in [1.29, 1.82) is 0 Å². The molecule has 1 aromatic heterocycles. The van der Waals surface area contributed by atoms with Crippen LogP contribution in [-0.4, -0.2) is 46.6 Å². The third kappa shape index (κ3) is 2.25. The lowest BCUT2D eigenvalue weighted by Gasteiger charge is -2.22. The lowest BCUT2D eigenvalue weighted by Crippen LogP contribution is -2.36. The van der Waals surface area contributed by atoms with Crippen molar-refractivity contribution >= 4 is 16.0 Å². The van der Waals surface area contributed by atoms with E-state index in [2.05, 4.69) is 10.2 Å². The second kappa shape index (κ2) is 4.93. The highest BCUT2D eigenvalue weighted by atomic mass is 32.2. The number of rotatable bonds is 4. The van der Waals surface area contributed by atoms with Gasteiger partial charge in [0.05, 0.1) is 5.69 Å². The minimum absolute atomic E-state index is 0.0547. The molecule has 0 aliphatic carbocycles. The third-order valence-corrected chi connectivity index (χ3v) is 5.57. The van der Waals surface area contributed by atoms with Gasteiger partial charge in [0, 0.05) is 12.6 Å². The Morgan fingerprint density at radius 3 is 2.84 bits per heavy atom. The first-order valence-electron chi connectivity index (χ1n) is 6.19. The van der Waals surface area contributed by atoms with Gasteiger partial charge < -0.3 is 5.11 Å². The molecule has 2 rings (SSSR count). The van der Waals surface area contributed by atoms with Gasteiger partial charge in [-0.2, -0.15) is 9.40 Å². The summed E-state index contributed by atoms with van der Waals surface area (Å²) >= 11 is 0. The first kappa shape index (κ1) is 14.0. The minimum atomic E-state index is -3.80. The van der Waals surface area contributed by atoms with E-state index in [1.807, 2.05) is 6.92 Å². The summed E-state index contributed by atoms with van der Waals surface area (Å²) in [4.78, 5) is 10.9. The van der Waals surface area contributed by atoms with Crippen LogP contribution in [0, 0.1) is 6.92 Å². The minimum Gasteiger partial charge on any atom is -0.476 e. The number of aromatic nitrogens is 2. The SMILES string of the molecule is CCC1CCCN1S(=O)(=O)c1c(C(=O)O)n[nH]c1C. The van der Waals surface area contributed by atoms with E-state index in [0.29, 0.717) is 6.54 Å². The van der Waals surface area contributed by atoms with Gasteiger partial charge in [-0.15, -0.1) is 0 Å². The number of sulfonamides is 1. The predicted octanol–water partition coefficient (Wildman–Crippen LogP) is 0.979. The Balaban J connectivity index is 2.51. The number of carboxylic acid groups (broad SMARTS) is 1. The molecule has 1 aliphatic rings. The van der Waals surface area contributed by atoms with Crippen LogP contribution >= 0.6 is 0 Å². The van der Waals surface area contributed by atoms with Crippen molar-refractivity contribution < 1.29 is 18.3 Å². The van der Waals surface area contributed by atoms with Crippen molar-refractivity contribution in [2.24, 2.45) is 0 Å². The highest BCUT2D eigenvalue weighted by Crippen LogP contribution is 2.30. The van der Waals surface area contributed by atoms with Crippen molar-refractivity contribution in [1.82, 2.24) is 14.5 Å². The van der Waals surface area contributed by atoms with Crippen LogP contribution in [0.1, 0.15) is 42.4 Å². The molecule has 1 saturated heterocycles. The van der Waals surface area contributed by atoms with Crippen molar-refractivity contribution in [3.63, 3.8) is 0 Å². The first-order valence-corrected chi connectivity index (χ1v) is 7.63. The Hall–Kier alpha value is -1.41. The van der Waals surface area contributed by atoms with Gasteiger partial charge in [0.2, 0.25) is 10.0 Å². The Morgan fingerprint density at radius 1 is 1.58 bits per heavy atom. The van der Waals surface area contributed by atoms with E-state index in [-0.39, 0.29) is 16.6 Å². The van der Waals surface area contributed by atoms with Gasteiger partial charge in [0.15, 0.2) is 5.69 Å². The fraction of sp³-hybridized carbons (Fsp3) is 0.636. The molecule has 0 bridgehead atoms. The average molecular weight is 287 g/mol. The second-order valence-corrected chi connectivity index (χ2v) is 6.48. The van der Waals surface area contributed by atoms with E-state index in [9.17, 15) is 13.2 Å². The van der Waals surface area contributed by atoms with Crippen LogP contribution in [0.15, 0.2) is 4.90 Å². The molecule has 19 heavy (non-hydrogen) atoms. The summed E-state index contributed by atoms with van der Waals surface area (Å²) in [5.74, 6) is -1.34. The molecule has 1 atom stereocenters. The number of aromatic carboxylic acids is 1. The average Bonchev–Trinajstić information content (AvgIpc) is 2.94. The van der Waals surface area contributed by atoms with Gasteiger partial charge in [0.25, 0.3) is 0 Å². The van der Waals surface area contributed by atoms with Crippen molar-refractivity contribution in [3.05, 3.63) is 11.4 Å². The molecule has 0 saturated carbocycles. The van der Waals surface area contributed by atoms with E-state index in [4.69, 9.17) is 5.11 Å². The summed E-state index contributed by atoms with van der Waals surface area (Å²) in [6, 6.07) is -0.0547. The summed E-state index contributed by atoms with van der Waals surface area (Å²) in [6.45, 7) is 3.88. The normalized spacial score (nSPS) is 20.8. The van der Waals surface area contributed by atoms with Gasteiger partial charge >= 0.3 is 5.97 Å². The molecule has 2 N–H and O–H groups in total. The summed E-state index contributed by atoms with van der Waals surface area (Å²) in [6.07, 6.45) is 2.34. The van der Waals surface area contributed by atoms with Gasteiger partial charge in [-0.3, -0.25) is 5.10 Å². The summed E-state index contributed by atoms with van der Waals surface area (Å²) in [5, 5.41) is 15.1. The van der Waals surface area contributed by atoms with Crippen molar-refractivity contribution in [2.75, 3.05) is 6.54 Å². The van der Waals surface area contributed by atoms with Crippen LogP contribution in [0.3, 0.4) is 0 Å². The third-order valence-electron chi connectivity index (χ3n) is 3.45. The van der Waals surface area contributed by atoms with Gasteiger partial charge in [0.1, 0.15) is 4.90 Å². The van der Waals surface area contributed by atoms with Crippen LogP contribution in [0.4, 0.5) is 0 Å². The fourth-order valence-electron chi connectivity index (χ4n) is 2.53. The number of aromatic amines is 1. The van der Waals surface area contributed by atoms with Gasteiger partial charge in [-0.1, -0.05) is 6.92 Å². The molecule has 7 nitrogen and oxygen atoms in total. The van der Waals surface area contributed by atoms with Crippen LogP contribution in [0.2, 0.25) is 0 Å². The largest absolute Gasteiger partial charge is 0.476 e. The Bertz CT molecular complexity index is 593. The van der Waals surface area contributed by atoms with Crippen molar-refractivity contribution in [2.45, 2.75) is 44.0 Å². The molecule has 1 aromatic rings. The summed E-state index contributed by atoms with van der Waals surface area (Å²) in [5.41, 5.74) is -0.168. The Morgan fingerprint density at radius 2 is 2.26 bits per heavy atom. The van der Waals surface area contributed by atoms with Crippen LogP contribution in [-0.2, 0) is 10.0 Å². The molecule has 1 unspecified atom stereocenters. The zero-order valence-corrected chi connectivity index (χ0v) is 11.7. The molecule has 0 spiro atoms. The number of hydrogen-bond acceptors (Lipinski definition) is 4. The number of nitrogens with zero attached hydrogens (tertiary/aromatic N) is 2. The standard InChI is InChI=1S/C11H17N3O4S/c1-3-8-5-4-6-14(8)19(17,18)10-7(2)12-13-9(10)11(15)16/h8H,3-6H2,1-2H3,(H,12,13)(H,15,16). The molecule has 106 valence electrons. The predicted molar refractivity (Wildman–Crippen MR) is 67.5 cm³/mol. The smallest absolute Gasteiger partial charge is 0.357 e. The zero-order valence-electron chi connectivity index (χ0n) is 10.9. The van der Waals surface area contributed by atoms with Crippen molar-refractivity contribution in [3.8, 4) is 0 Å². The second-order valence-electron chi connectivity index (χ2n) is 4.65. The zero-order chi connectivity index (χ0) is 14.2. The lowest BCUT2D eigenvalue weighted by atomic mass is 10.2.